The molecule has 0 spiro atoms. The monoisotopic (exact) mass is 250 g/mol. The standard InChI is InChI=1S/C14H22N2O2/c1-5-18-12-9-7-6-8-11(12)14(4,13(15)17)16-10(2)3/h6-10,16H,5H2,1-4H3,(H2,15,17). The lowest BCUT2D eigenvalue weighted by Crippen LogP contribution is -2.53. The van der Waals surface area contributed by atoms with Gasteiger partial charge in [-0.25, -0.2) is 0 Å². The fourth-order valence-electron chi connectivity index (χ4n) is 2.02. The molecule has 4 heteroatoms. The van der Waals surface area contributed by atoms with Gasteiger partial charge in [-0.1, -0.05) is 18.2 Å². The van der Waals surface area contributed by atoms with E-state index in [-0.39, 0.29) is 6.04 Å². The zero-order chi connectivity index (χ0) is 13.8. The molecule has 1 amide bonds. The molecule has 0 aliphatic carbocycles. The van der Waals surface area contributed by atoms with Crippen LogP contribution in [0.3, 0.4) is 0 Å². The number of para-hydroxylation sites is 1. The van der Waals surface area contributed by atoms with Crippen LogP contribution in [0.2, 0.25) is 0 Å². The van der Waals surface area contributed by atoms with Crippen molar-refractivity contribution in [3.8, 4) is 5.75 Å². The highest BCUT2D eigenvalue weighted by molar-refractivity contribution is 5.86. The van der Waals surface area contributed by atoms with Crippen molar-refractivity contribution >= 4 is 5.91 Å². The molecule has 0 saturated carbocycles. The SMILES string of the molecule is CCOc1ccccc1C(C)(NC(C)C)C(N)=O. The zero-order valence-electron chi connectivity index (χ0n) is 11.5. The average molecular weight is 250 g/mol. The molecule has 0 aliphatic heterocycles. The number of nitrogens with one attached hydrogen (secondary N) is 1. The summed E-state index contributed by atoms with van der Waals surface area (Å²) >= 11 is 0. The zero-order valence-corrected chi connectivity index (χ0v) is 11.5. The molecule has 0 radical (unpaired) electrons. The predicted octanol–water partition coefficient (Wildman–Crippen LogP) is 1.78. The number of primary amides is 1. The first-order valence-corrected chi connectivity index (χ1v) is 6.21. The molecule has 0 fully saturated rings. The lowest BCUT2D eigenvalue weighted by atomic mass is 9.89. The van der Waals surface area contributed by atoms with Gasteiger partial charge in [-0.15, -0.1) is 0 Å². The predicted molar refractivity (Wildman–Crippen MR) is 72.4 cm³/mol. The van der Waals surface area contributed by atoms with E-state index < -0.39 is 11.4 Å². The maximum absolute atomic E-state index is 11.8. The molecule has 1 aromatic carbocycles. The van der Waals surface area contributed by atoms with Gasteiger partial charge < -0.3 is 10.5 Å². The minimum absolute atomic E-state index is 0.136. The number of carbonyl (C=O) groups is 1. The lowest BCUT2D eigenvalue weighted by molar-refractivity contribution is -0.124. The smallest absolute Gasteiger partial charge is 0.242 e. The number of hydrogen-bond acceptors (Lipinski definition) is 3. The Bertz CT molecular complexity index is 418. The van der Waals surface area contributed by atoms with E-state index in [1.165, 1.54) is 0 Å². The van der Waals surface area contributed by atoms with E-state index >= 15 is 0 Å². The third-order valence-corrected chi connectivity index (χ3v) is 2.80. The quantitative estimate of drug-likeness (QED) is 0.809. The molecule has 18 heavy (non-hydrogen) atoms. The molecule has 0 saturated heterocycles. The van der Waals surface area contributed by atoms with E-state index in [2.05, 4.69) is 5.32 Å². The van der Waals surface area contributed by atoms with Crippen molar-refractivity contribution in [2.45, 2.75) is 39.3 Å². The van der Waals surface area contributed by atoms with Crippen LogP contribution >= 0.6 is 0 Å². The van der Waals surface area contributed by atoms with Crippen molar-refractivity contribution < 1.29 is 9.53 Å². The summed E-state index contributed by atoms with van der Waals surface area (Å²) in [5.41, 5.74) is 5.40. The molecule has 0 bridgehead atoms. The summed E-state index contributed by atoms with van der Waals surface area (Å²) in [6.07, 6.45) is 0. The van der Waals surface area contributed by atoms with Crippen molar-refractivity contribution in [1.29, 1.82) is 0 Å². The highest BCUT2D eigenvalue weighted by Crippen LogP contribution is 2.30. The van der Waals surface area contributed by atoms with Crippen LogP contribution in [0, 0.1) is 0 Å². The molecule has 1 aromatic rings. The van der Waals surface area contributed by atoms with E-state index in [1.807, 2.05) is 45.0 Å². The van der Waals surface area contributed by atoms with Gasteiger partial charge in [-0.3, -0.25) is 10.1 Å². The fourth-order valence-corrected chi connectivity index (χ4v) is 2.02. The van der Waals surface area contributed by atoms with Crippen molar-refractivity contribution in [2.24, 2.45) is 5.73 Å². The summed E-state index contributed by atoms with van der Waals surface area (Å²) in [5, 5.41) is 3.22. The van der Waals surface area contributed by atoms with Crippen LogP contribution < -0.4 is 15.8 Å². The van der Waals surface area contributed by atoms with E-state index in [9.17, 15) is 4.79 Å². The molecule has 0 aliphatic rings. The molecule has 1 atom stereocenters. The number of hydrogen-bond donors (Lipinski definition) is 2. The normalized spacial score (nSPS) is 14.3. The molecule has 1 rings (SSSR count). The summed E-state index contributed by atoms with van der Waals surface area (Å²) in [6.45, 7) is 8.20. The third-order valence-electron chi connectivity index (χ3n) is 2.80. The third kappa shape index (κ3) is 3.01. The highest BCUT2D eigenvalue weighted by atomic mass is 16.5. The fraction of sp³-hybridized carbons (Fsp3) is 0.500. The van der Waals surface area contributed by atoms with Crippen LogP contribution in [0.4, 0.5) is 0 Å². The number of ether oxygens (including phenoxy) is 1. The summed E-state index contributed by atoms with van der Waals surface area (Å²) in [4.78, 5) is 11.8. The van der Waals surface area contributed by atoms with Gasteiger partial charge in [-0.2, -0.15) is 0 Å². The maximum atomic E-state index is 11.8. The molecular weight excluding hydrogens is 228 g/mol. The second-order valence-corrected chi connectivity index (χ2v) is 4.72. The second-order valence-electron chi connectivity index (χ2n) is 4.72. The van der Waals surface area contributed by atoms with Crippen molar-refractivity contribution in [2.75, 3.05) is 6.61 Å². The second kappa shape index (κ2) is 5.87. The number of amides is 1. The van der Waals surface area contributed by atoms with Crippen molar-refractivity contribution in [3.05, 3.63) is 29.8 Å². The molecule has 4 nitrogen and oxygen atoms in total. The van der Waals surface area contributed by atoms with Crippen LogP contribution in [0.15, 0.2) is 24.3 Å². The minimum atomic E-state index is -0.931. The summed E-state index contributed by atoms with van der Waals surface area (Å²) in [7, 11) is 0. The molecule has 3 N–H and O–H groups in total. The van der Waals surface area contributed by atoms with Gasteiger partial charge in [0.15, 0.2) is 0 Å². The number of benzene rings is 1. The Labute approximate surface area is 109 Å². The summed E-state index contributed by atoms with van der Waals surface area (Å²) in [6, 6.07) is 7.61. The Hall–Kier alpha value is -1.55. The molecule has 0 heterocycles. The Kier molecular flexibility index (Phi) is 4.73. The van der Waals surface area contributed by atoms with Gasteiger partial charge in [0, 0.05) is 11.6 Å². The van der Waals surface area contributed by atoms with E-state index in [0.29, 0.717) is 12.4 Å². The topological polar surface area (TPSA) is 64.3 Å². The van der Waals surface area contributed by atoms with E-state index in [4.69, 9.17) is 10.5 Å². The van der Waals surface area contributed by atoms with Gasteiger partial charge >= 0.3 is 0 Å². The van der Waals surface area contributed by atoms with Crippen molar-refractivity contribution in [3.63, 3.8) is 0 Å². The lowest BCUT2D eigenvalue weighted by Gasteiger charge is -2.31. The van der Waals surface area contributed by atoms with Crippen LogP contribution in [0.5, 0.6) is 5.75 Å². The van der Waals surface area contributed by atoms with E-state index in [1.54, 1.807) is 6.92 Å². The minimum Gasteiger partial charge on any atom is -0.494 e. The van der Waals surface area contributed by atoms with Crippen molar-refractivity contribution in [1.82, 2.24) is 5.32 Å². The summed E-state index contributed by atoms with van der Waals surface area (Å²) in [5.74, 6) is 0.276. The van der Waals surface area contributed by atoms with Gasteiger partial charge in [0.2, 0.25) is 5.91 Å². The summed E-state index contributed by atoms with van der Waals surface area (Å²) < 4.78 is 5.57. The van der Waals surface area contributed by atoms with Crippen LogP contribution in [-0.4, -0.2) is 18.6 Å². The first kappa shape index (κ1) is 14.5. The average Bonchev–Trinajstić information content (AvgIpc) is 2.28. The molecule has 1 unspecified atom stereocenters. The van der Waals surface area contributed by atoms with Gasteiger partial charge in [0.1, 0.15) is 11.3 Å². The Morgan fingerprint density at radius 3 is 2.56 bits per heavy atom. The highest BCUT2D eigenvalue weighted by Gasteiger charge is 2.36. The molecule has 100 valence electrons. The first-order valence-electron chi connectivity index (χ1n) is 6.21. The molecule has 0 aromatic heterocycles. The largest absolute Gasteiger partial charge is 0.494 e. The van der Waals surface area contributed by atoms with Crippen LogP contribution in [-0.2, 0) is 10.3 Å². The van der Waals surface area contributed by atoms with Crippen LogP contribution in [0.25, 0.3) is 0 Å². The van der Waals surface area contributed by atoms with Crippen LogP contribution in [0.1, 0.15) is 33.3 Å². The first-order chi connectivity index (χ1) is 8.41. The Morgan fingerprint density at radius 1 is 1.44 bits per heavy atom. The Morgan fingerprint density at radius 2 is 2.06 bits per heavy atom. The molecular formula is C14H22N2O2. The number of nitrogens with two attached hydrogens (primary N) is 1. The van der Waals surface area contributed by atoms with Gasteiger partial charge in [-0.05, 0) is 33.8 Å². The van der Waals surface area contributed by atoms with E-state index in [0.717, 1.165) is 5.56 Å². The van der Waals surface area contributed by atoms with Gasteiger partial charge in [0.25, 0.3) is 0 Å². The number of rotatable bonds is 6. The Balaban J connectivity index is 3.25. The maximum Gasteiger partial charge on any atom is 0.242 e. The van der Waals surface area contributed by atoms with Gasteiger partial charge in [0.05, 0.1) is 6.61 Å². The number of carbonyl (C=O) groups excluding carboxylic acids is 1.